The van der Waals surface area contributed by atoms with Gasteiger partial charge in [0.2, 0.25) is 0 Å². The molecule has 21 heavy (non-hydrogen) atoms. The van der Waals surface area contributed by atoms with Crippen LogP contribution in [0, 0.1) is 0 Å². The second-order valence-electron chi connectivity index (χ2n) is 5.68. The predicted molar refractivity (Wildman–Crippen MR) is 89.3 cm³/mol. The molecule has 0 amide bonds. The third kappa shape index (κ3) is 17.1. The molecule has 5 N–H and O–H groups in total. The first-order chi connectivity index (χ1) is 10.2. The van der Waals surface area contributed by atoms with Crippen LogP contribution in [0.25, 0.3) is 0 Å². The number of unbranched alkanes of at least 4 members (excludes halogenated alkanes) is 9. The Bertz CT molecular complexity index is 244. The second-order valence-corrected chi connectivity index (χ2v) is 5.68. The van der Waals surface area contributed by atoms with Gasteiger partial charge in [0, 0.05) is 6.61 Å². The number of rotatable bonds is 15. The van der Waals surface area contributed by atoms with Gasteiger partial charge in [-0.25, -0.2) is 0 Å². The highest BCUT2D eigenvalue weighted by Gasteiger charge is 2.02. The average molecular weight is 301 g/mol. The van der Waals surface area contributed by atoms with Crippen LogP contribution < -0.4 is 11.5 Å². The smallest absolute Gasteiger partial charge is 0.185 e. The quantitative estimate of drug-likeness (QED) is 0.246. The van der Waals surface area contributed by atoms with Gasteiger partial charge in [-0.1, -0.05) is 64.7 Å². The summed E-state index contributed by atoms with van der Waals surface area (Å²) < 4.78 is 5.40. The van der Waals surface area contributed by atoms with Crippen molar-refractivity contribution in [2.45, 2.75) is 77.2 Å². The Morgan fingerprint density at radius 1 is 0.952 bits per heavy atom. The first-order valence-electron chi connectivity index (χ1n) is 8.48. The molecule has 1 atom stereocenters. The predicted octanol–water partition coefficient (Wildman–Crippen LogP) is 2.56. The van der Waals surface area contributed by atoms with Crippen LogP contribution in [0.3, 0.4) is 0 Å². The van der Waals surface area contributed by atoms with Crippen molar-refractivity contribution in [3.63, 3.8) is 0 Å². The summed E-state index contributed by atoms with van der Waals surface area (Å²) in [7, 11) is 0. The van der Waals surface area contributed by atoms with Gasteiger partial charge in [-0.3, -0.25) is 4.99 Å². The summed E-state index contributed by atoms with van der Waals surface area (Å²) in [6.45, 7) is 3.46. The lowest BCUT2D eigenvalue weighted by atomic mass is 10.1. The highest BCUT2D eigenvalue weighted by Crippen LogP contribution is 2.10. The zero-order chi connectivity index (χ0) is 15.8. The maximum absolute atomic E-state index is 9.52. The van der Waals surface area contributed by atoms with Crippen LogP contribution in [0.2, 0.25) is 0 Å². The zero-order valence-corrected chi connectivity index (χ0v) is 13.7. The molecule has 0 aliphatic rings. The molecule has 0 aromatic carbocycles. The van der Waals surface area contributed by atoms with E-state index >= 15 is 0 Å². The van der Waals surface area contributed by atoms with E-state index in [9.17, 15) is 5.11 Å². The molecule has 126 valence electrons. The van der Waals surface area contributed by atoms with Crippen LogP contribution in [0.1, 0.15) is 71.1 Å². The summed E-state index contributed by atoms with van der Waals surface area (Å²) in [5.74, 6) is 0.00347. The van der Waals surface area contributed by atoms with Gasteiger partial charge >= 0.3 is 0 Å². The summed E-state index contributed by atoms with van der Waals surface area (Å²) in [6, 6.07) is 0. The summed E-state index contributed by atoms with van der Waals surface area (Å²) in [5, 5.41) is 9.52. The molecule has 0 fully saturated rings. The maximum Gasteiger partial charge on any atom is 0.185 e. The van der Waals surface area contributed by atoms with E-state index in [1.165, 1.54) is 57.8 Å². The van der Waals surface area contributed by atoms with Crippen molar-refractivity contribution in [3.05, 3.63) is 0 Å². The largest absolute Gasteiger partial charge is 0.389 e. The monoisotopic (exact) mass is 301 g/mol. The normalized spacial score (nSPS) is 12.3. The molecule has 5 nitrogen and oxygen atoms in total. The number of ether oxygens (including phenoxy) is 1. The molecule has 0 saturated heterocycles. The summed E-state index contributed by atoms with van der Waals surface area (Å²) in [5.41, 5.74) is 10.4. The molecule has 0 saturated carbocycles. The lowest BCUT2D eigenvalue weighted by Crippen LogP contribution is -2.26. The minimum Gasteiger partial charge on any atom is -0.389 e. The lowest BCUT2D eigenvalue weighted by molar-refractivity contribution is 0.0399. The van der Waals surface area contributed by atoms with Gasteiger partial charge in [-0.15, -0.1) is 0 Å². The Morgan fingerprint density at radius 3 is 2.00 bits per heavy atom. The van der Waals surface area contributed by atoms with Gasteiger partial charge in [0.25, 0.3) is 0 Å². The first kappa shape index (κ1) is 20.2. The van der Waals surface area contributed by atoms with Crippen molar-refractivity contribution >= 4 is 5.96 Å². The van der Waals surface area contributed by atoms with Gasteiger partial charge in [0.15, 0.2) is 5.96 Å². The van der Waals surface area contributed by atoms with E-state index in [0.717, 1.165) is 6.42 Å². The fourth-order valence-electron chi connectivity index (χ4n) is 2.17. The van der Waals surface area contributed by atoms with E-state index in [2.05, 4.69) is 11.9 Å². The number of aliphatic imine (C=N–C) groups is 1. The van der Waals surface area contributed by atoms with Crippen molar-refractivity contribution in [2.24, 2.45) is 16.5 Å². The number of hydrogen-bond acceptors (Lipinski definition) is 3. The average Bonchev–Trinajstić information content (AvgIpc) is 2.46. The molecule has 0 heterocycles. The van der Waals surface area contributed by atoms with Crippen molar-refractivity contribution in [1.82, 2.24) is 0 Å². The van der Waals surface area contributed by atoms with E-state index in [0.29, 0.717) is 13.2 Å². The molecule has 0 radical (unpaired) electrons. The molecule has 0 rings (SSSR count). The fraction of sp³-hybridized carbons (Fsp3) is 0.938. The van der Waals surface area contributed by atoms with E-state index in [4.69, 9.17) is 16.2 Å². The van der Waals surface area contributed by atoms with Gasteiger partial charge in [-0.05, 0) is 6.42 Å². The molecule has 5 heteroatoms. The Kier molecular flexibility index (Phi) is 15.0. The highest BCUT2D eigenvalue weighted by atomic mass is 16.5. The Balaban J connectivity index is 3.13. The zero-order valence-electron chi connectivity index (χ0n) is 13.7. The lowest BCUT2D eigenvalue weighted by Gasteiger charge is -2.09. The topological polar surface area (TPSA) is 93.9 Å². The number of nitrogens with zero attached hydrogens (tertiary/aromatic N) is 1. The highest BCUT2D eigenvalue weighted by molar-refractivity contribution is 5.75. The molecular formula is C16H35N3O2. The third-order valence-electron chi connectivity index (χ3n) is 3.44. The van der Waals surface area contributed by atoms with Crippen LogP contribution >= 0.6 is 0 Å². The number of aliphatic hydroxyl groups is 1. The summed E-state index contributed by atoms with van der Waals surface area (Å²) in [4.78, 5) is 3.74. The van der Waals surface area contributed by atoms with Crippen LogP contribution in [0.15, 0.2) is 4.99 Å². The van der Waals surface area contributed by atoms with E-state index in [1.54, 1.807) is 0 Å². The number of aliphatic hydroxyl groups excluding tert-OH is 1. The van der Waals surface area contributed by atoms with Crippen LogP contribution in [0.5, 0.6) is 0 Å². The standard InChI is InChI=1S/C16H35N3O2/c1-2-3-4-5-6-7-8-9-10-11-12-21-14-15(20)13-19-16(17)18/h15,20H,2-14H2,1H3,(H4,17,18,19). The molecule has 0 aliphatic carbocycles. The first-order valence-corrected chi connectivity index (χ1v) is 8.48. The van der Waals surface area contributed by atoms with Crippen LogP contribution in [-0.4, -0.2) is 36.9 Å². The summed E-state index contributed by atoms with van der Waals surface area (Å²) >= 11 is 0. The minimum absolute atomic E-state index is 0.00347. The maximum atomic E-state index is 9.52. The second kappa shape index (κ2) is 15.6. The van der Waals surface area contributed by atoms with Crippen molar-refractivity contribution < 1.29 is 9.84 Å². The van der Waals surface area contributed by atoms with Crippen molar-refractivity contribution in [2.75, 3.05) is 19.8 Å². The summed E-state index contributed by atoms with van der Waals surface area (Å²) in [6.07, 6.45) is 12.5. The molecule has 0 aromatic rings. The number of guanidine groups is 1. The van der Waals surface area contributed by atoms with Crippen molar-refractivity contribution in [1.29, 1.82) is 0 Å². The molecule has 0 bridgehead atoms. The Hall–Kier alpha value is -0.810. The Morgan fingerprint density at radius 2 is 1.48 bits per heavy atom. The van der Waals surface area contributed by atoms with Gasteiger partial charge in [0.1, 0.15) is 0 Å². The SMILES string of the molecule is CCCCCCCCCCCCOCC(O)CN=C(N)N. The molecule has 0 spiro atoms. The molecular weight excluding hydrogens is 266 g/mol. The van der Waals surface area contributed by atoms with E-state index in [-0.39, 0.29) is 12.5 Å². The molecule has 0 aliphatic heterocycles. The van der Waals surface area contributed by atoms with Gasteiger partial charge in [-0.2, -0.15) is 0 Å². The molecule has 0 aromatic heterocycles. The minimum atomic E-state index is -0.616. The fourth-order valence-corrected chi connectivity index (χ4v) is 2.17. The third-order valence-corrected chi connectivity index (χ3v) is 3.44. The Labute approximate surface area is 130 Å². The van der Waals surface area contributed by atoms with Gasteiger partial charge < -0.3 is 21.3 Å². The van der Waals surface area contributed by atoms with E-state index in [1.807, 2.05) is 0 Å². The van der Waals surface area contributed by atoms with Crippen molar-refractivity contribution in [3.8, 4) is 0 Å². The van der Waals surface area contributed by atoms with Crippen LogP contribution in [-0.2, 0) is 4.74 Å². The van der Waals surface area contributed by atoms with Gasteiger partial charge in [0.05, 0.1) is 19.3 Å². The van der Waals surface area contributed by atoms with Crippen LogP contribution in [0.4, 0.5) is 0 Å². The number of nitrogens with two attached hydrogens (primary N) is 2. The molecule has 1 unspecified atom stereocenters. The van der Waals surface area contributed by atoms with E-state index < -0.39 is 6.10 Å². The number of hydrogen-bond donors (Lipinski definition) is 3.